The van der Waals surface area contributed by atoms with Crippen molar-refractivity contribution in [2.24, 2.45) is 5.92 Å². The van der Waals surface area contributed by atoms with E-state index in [4.69, 9.17) is 4.74 Å². The van der Waals surface area contributed by atoms with Crippen molar-refractivity contribution >= 4 is 16.2 Å². The smallest absolute Gasteiger partial charge is 0.307 e. The topological polar surface area (TPSA) is 75.7 Å². The Morgan fingerprint density at radius 1 is 1.38 bits per heavy atom. The van der Waals surface area contributed by atoms with Gasteiger partial charge in [-0.05, 0) is 30.7 Å². The van der Waals surface area contributed by atoms with E-state index in [1.807, 2.05) is 30.3 Å². The maximum Gasteiger partial charge on any atom is 0.307 e. The van der Waals surface area contributed by atoms with Crippen LogP contribution < -0.4 is 4.72 Å². The van der Waals surface area contributed by atoms with Gasteiger partial charge < -0.3 is 4.74 Å². The number of piperidine rings is 1. The second-order valence-electron chi connectivity index (χ2n) is 6.40. The van der Waals surface area contributed by atoms with Gasteiger partial charge in [-0.3, -0.25) is 4.79 Å². The molecule has 1 aliphatic rings. The monoisotopic (exact) mass is 354 g/mol. The van der Waals surface area contributed by atoms with E-state index < -0.39 is 22.2 Å². The molecular weight excluding hydrogens is 328 g/mol. The minimum Gasteiger partial charge on any atom is -0.469 e. The number of hydrogen-bond donors (Lipinski definition) is 1. The normalized spacial score (nSPS) is 20.5. The molecule has 1 aromatic rings. The molecule has 0 amide bonds. The van der Waals surface area contributed by atoms with Crippen LogP contribution in [0.3, 0.4) is 0 Å². The highest BCUT2D eigenvalue weighted by molar-refractivity contribution is 7.87. The predicted molar refractivity (Wildman–Crippen MR) is 92.6 cm³/mol. The molecule has 2 atom stereocenters. The van der Waals surface area contributed by atoms with Crippen molar-refractivity contribution in [1.82, 2.24) is 9.03 Å². The van der Waals surface area contributed by atoms with Gasteiger partial charge in [0.1, 0.15) is 0 Å². The molecule has 24 heavy (non-hydrogen) atoms. The average Bonchev–Trinajstić information content (AvgIpc) is 2.55. The second kappa shape index (κ2) is 8.60. The summed E-state index contributed by atoms with van der Waals surface area (Å²) in [7, 11) is -2.31. The van der Waals surface area contributed by atoms with E-state index in [-0.39, 0.29) is 6.42 Å². The Balaban J connectivity index is 2.09. The highest BCUT2D eigenvalue weighted by Crippen LogP contribution is 2.18. The highest BCUT2D eigenvalue weighted by Gasteiger charge is 2.30. The van der Waals surface area contributed by atoms with Crippen molar-refractivity contribution < 1.29 is 17.9 Å². The maximum absolute atomic E-state index is 12.7. The molecule has 0 saturated carbocycles. The Hall–Kier alpha value is -1.44. The van der Waals surface area contributed by atoms with E-state index in [1.54, 1.807) is 0 Å². The molecule has 1 fully saturated rings. The molecule has 1 saturated heterocycles. The lowest BCUT2D eigenvalue weighted by molar-refractivity contribution is -0.141. The molecule has 7 heteroatoms. The van der Waals surface area contributed by atoms with Crippen LogP contribution in [0.4, 0.5) is 0 Å². The van der Waals surface area contributed by atoms with Gasteiger partial charge in [0.25, 0.3) is 10.2 Å². The summed E-state index contributed by atoms with van der Waals surface area (Å²) in [6, 6.07) is 9.00. The summed E-state index contributed by atoms with van der Waals surface area (Å²) in [5.74, 6) is -0.0749. The number of methoxy groups -OCH3 is 1. The third kappa shape index (κ3) is 5.58. The Bertz CT molecular complexity index is 633. The maximum atomic E-state index is 12.7. The van der Waals surface area contributed by atoms with E-state index in [1.165, 1.54) is 11.4 Å². The van der Waals surface area contributed by atoms with Gasteiger partial charge in [0.15, 0.2) is 0 Å². The first-order valence-electron chi connectivity index (χ1n) is 8.29. The van der Waals surface area contributed by atoms with Crippen molar-refractivity contribution in [2.45, 2.75) is 38.6 Å². The van der Waals surface area contributed by atoms with Crippen LogP contribution in [0.25, 0.3) is 0 Å². The average molecular weight is 354 g/mol. The lowest BCUT2D eigenvalue weighted by atomic mass is 10.0. The van der Waals surface area contributed by atoms with Crippen LogP contribution in [0, 0.1) is 5.92 Å². The number of benzene rings is 1. The number of nitrogens with one attached hydrogen (secondary N) is 1. The molecule has 134 valence electrons. The van der Waals surface area contributed by atoms with Crippen LogP contribution in [0.1, 0.15) is 31.7 Å². The summed E-state index contributed by atoms with van der Waals surface area (Å²) >= 11 is 0. The van der Waals surface area contributed by atoms with Gasteiger partial charge >= 0.3 is 5.97 Å². The molecule has 0 bridgehead atoms. The molecule has 6 nitrogen and oxygen atoms in total. The lowest BCUT2D eigenvalue weighted by Gasteiger charge is -2.31. The van der Waals surface area contributed by atoms with Crippen LogP contribution in [0.2, 0.25) is 0 Å². The van der Waals surface area contributed by atoms with Gasteiger partial charge in [-0.1, -0.05) is 37.3 Å². The Morgan fingerprint density at radius 2 is 2.08 bits per heavy atom. The van der Waals surface area contributed by atoms with Gasteiger partial charge in [-0.15, -0.1) is 0 Å². The molecular formula is C17H26N2O4S. The number of esters is 1. The molecule has 0 spiro atoms. The minimum atomic E-state index is -3.61. The van der Waals surface area contributed by atoms with Crippen LogP contribution in [0.15, 0.2) is 30.3 Å². The van der Waals surface area contributed by atoms with Crippen molar-refractivity contribution in [3.8, 4) is 0 Å². The minimum absolute atomic E-state index is 0.00795. The molecule has 1 N–H and O–H groups in total. The standard InChI is InChI=1S/C17H26N2O4S/c1-14-7-6-10-19(13-14)24(21,22)18-16(12-17(20)23-2)11-15-8-4-3-5-9-15/h3-5,8-9,14,16,18H,6-7,10-13H2,1-2H3/t14-,16+/m1/s1. The fourth-order valence-corrected chi connectivity index (χ4v) is 4.55. The number of carbonyl (C=O) groups excluding carboxylic acids is 1. The molecule has 0 aromatic heterocycles. The number of ether oxygens (including phenoxy) is 1. The number of carbonyl (C=O) groups is 1. The quantitative estimate of drug-likeness (QED) is 0.757. The van der Waals surface area contributed by atoms with Gasteiger partial charge in [0.2, 0.25) is 0 Å². The molecule has 1 heterocycles. The van der Waals surface area contributed by atoms with Crippen LogP contribution in [-0.4, -0.2) is 44.9 Å². The van der Waals surface area contributed by atoms with E-state index >= 15 is 0 Å². The molecule has 1 aliphatic heterocycles. The predicted octanol–water partition coefficient (Wildman–Crippen LogP) is 1.73. The first-order chi connectivity index (χ1) is 11.4. The highest BCUT2D eigenvalue weighted by atomic mass is 32.2. The number of nitrogens with zero attached hydrogens (tertiary/aromatic N) is 1. The van der Waals surface area contributed by atoms with Gasteiger partial charge in [0.05, 0.1) is 13.5 Å². The zero-order valence-corrected chi connectivity index (χ0v) is 15.1. The Kier molecular flexibility index (Phi) is 6.77. The summed E-state index contributed by atoms with van der Waals surface area (Å²) in [5.41, 5.74) is 0.973. The summed E-state index contributed by atoms with van der Waals surface area (Å²) in [4.78, 5) is 11.7. The fraction of sp³-hybridized carbons (Fsp3) is 0.588. The van der Waals surface area contributed by atoms with Gasteiger partial charge in [-0.25, -0.2) is 0 Å². The molecule has 0 aliphatic carbocycles. The first-order valence-corrected chi connectivity index (χ1v) is 9.73. The van der Waals surface area contributed by atoms with Gasteiger partial charge in [-0.2, -0.15) is 17.4 Å². The summed E-state index contributed by atoms with van der Waals surface area (Å²) in [6.45, 7) is 3.10. The molecule has 0 unspecified atom stereocenters. The molecule has 1 aromatic carbocycles. The van der Waals surface area contributed by atoms with Crippen molar-refractivity contribution in [3.63, 3.8) is 0 Å². The van der Waals surface area contributed by atoms with Crippen molar-refractivity contribution in [1.29, 1.82) is 0 Å². The zero-order chi connectivity index (χ0) is 17.6. The van der Waals surface area contributed by atoms with Crippen molar-refractivity contribution in [3.05, 3.63) is 35.9 Å². The number of hydrogen-bond acceptors (Lipinski definition) is 4. The molecule has 2 rings (SSSR count). The van der Waals surface area contributed by atoms with Crippen LogP contribution in [0.5, 0.6) is 0 Å². The second-order valence-corrected chi connectivity index (χ2v) is 8.10. The van der Waals surface area contributed by atoms with Crippen molar-refractivity contribution in [2.75, 3.05) is 20.2 Å². The Labute approximate surface area is 144 Å². The van der Waals surface area contributed by atoms with Crippen LogP contribution >= 0.6 is 0 Å². The Morgan fingerprint density at radius 3 is 2.71 bits per heavy atom. The zero-order valence-electron chi connectivity index (χ0n) is 14.3. The van der Waals surface area contributed by atoms with Crippen LogP contribution in [-0.2, 0) is 26.2 Å². The van der Waals surface area contributed by atoms with E-state index in [0.29, 0.717) is 25.4 Å². The summed E-state index contributed by atoms with van der Waals surface area (Å²) in [6.07, 6.45) is 2.36. The summed E-state index contributed by atoms with van der Waals surface area (Å²) in [5, 5.41) is 0. The van der Waals surface area contributed by atoms with E-state index in [9.17, 15) is 13.2 Å². The van der Waals surface area contributed by atoms with Gasteiger partial charge in [0, 0.05) is 19.1 Å². The fourth-order valence-electron chi connectivity index (χ4n) is 2.99. The third-order valence-corrected chi connectivity index (χ3v) is 5.88. The van der Waals surface area contributed by atoms with E-state index in [0.717, 1.165) is 18.4 Å². The summed E-state index contributed by atoms with van der Waals surface area (Å²) < 4.78 is 34.2. The lowest BCUT2D eigenvalue weighted by Crippen LogP contribution is -2.49. The SMILES string of the molecule is COC(=O)C[C@H](Cc1ccccc1)NS(=O)(=O)N1CCC[C@@H](C)C1. The van der Waals surface area contributed by atoms with E-state index in [2.05, 4.69) is 11.6 Å². The molecule has 0 radical (unpaired) electrons. The first kappa shape index (κ1) is 18.9. The largest absolute Gasteiger partial charge is 0.469 e. The number of rotatable bonds is 7. The third-order valence-electron chi connectivity index (χ3n) is 4.24.